The number of halogens is 3. The second kappa shape index (κ2) is 7.10. The van der Waals surface area contributed by atoms with Crippen LogP contribution >= 0.6 is 11.3 Å². The van der Waals surface area contributed by atoms with Gasteiger partial charge in [0, 0.05) is 13.0 Å². The van der Waals surface area contributed by atoms with E-state index in [4.69, 9.17) is 4.42 Å². The van der Waals surface area contributed by atoms with Gasteiger partial charge in [0.05, 0.1) is 16.1 Å². The van der Waals surface area contributed by atoms with E-state index in [0.29, 0.717) is 29.8 Å². The Kier molecular flexibility index (Phi) is 4.89. The van der Waals surface area contributed by atoms with Crippen LogP contribution in [0.25, 0.3) is 10.8 Å². The van der Waals surface area contributed by atoms with Crippen molar-refractivity contribution >= 4 is 17.2 Å². The fraction of sp³-hybridized carbons (Fsp3) is 0.176. The van der Waals surface area contributed by atoms with Crippen molar-refractivity contribution in [3.8, 4) is 10.8 Å². The zero-order valence-corrected chi connectivity index (χ0v) is 13.9. The fourth-order valence-electron chi connectivity index (χ4n) is 2.26. The number of nitrogens with zero attached hydrogens (tertiary/aromatic N) is 1. The Morgan fingerprint density at radius 3 is 2.76 bits per heavy atom. The van der Waals surface area contributed by atoms with Crippen molar-refractivity contribution in [3.63, 3.8) is 0 Å². The highest BCUT2D eigenvalue weighted by molar-refractivity contribution is 7.13. The van der Waals surface area contributed by atoms with Crippen molar-refractivity contribution in [1.29, 1.82) is 0 Å². The summed E-state index contributed by atoms with van der Waals surface area (Å²) in [7, 11) is 0. The van der Waals surface area contributed by atoms with E-state index in [-0.39, 0.29) is 6.54 Å². The van der Waals surface area contributed by atoms with Crippen molar-refractivity contribution < 1.29 is 22.4 Å². The lowest BCUT2D eigenvalue weighted by Crippen LogP contribution is -2.27. The number of carbonyl (C=O) groups excluding carboxylic acids is 1. The molecule has 0 saturated carbocycles. The van der Waals surface area contributed by atoms with Gasteiger partial charge in [-0.2, -0.15) is 0 Å². The SMILES string of the molecule is Cc1oc(-c2cccs2)nc1CCNC(=O)c1ccc(F)c(F)c1F. The van der Waals surface area contributed by atoms with E-state index in [2.05, 4.69) is 10.3 Å². The zero-order valence-electron chi connectivity index (χ0n) is 13.1. The van der Waals surface area contributed by atoms with Crippen molar-refractivity contribution in [1.82, 2.24) is 10.3 Å². The molecule has 0 spiro atoms. The molecule has 1 aromatic carbocycles. The molecule has 0 aliphatic heterocycles. The molecule has 130 valence electrons. The van der Waals surface area contributed by atoms with Crippen LogP contribution in [0.15, 0.2) is 34.1 Å². The lowest BCUT2D eigenvalue weighted by atomic mass is 10.2. The summed E-state index contributed by atoms with van der Waals surface area (Å²) in [4.78, 5) is 17.2. The minimum Gasteiger partial charge on any atom is -0.440 e. The molecule has 2 aromatic heterocycles. The predicted molar refractivity (Wildman–Crippen MR) is 86.9 cm³/mol. The molecule has 4 nitrogen and oxygen atoms in total. The largest absolute Gasteiger partial charge is 0.440 e. The number of thiophene rings is 1. The number of benzene rings is 1. The molecule has 0 atom stereocenters. The maximum absolute atomic E-state index is 13.6. The number of aryl methyl sites for hydroxylation is 1. The Morgan fingerprint density at radius 2 is 2.04 bits per heavy atom. The maximum atomic E-state index is 13.6. The van der Waals surface area contributed by atoms with E-state index >= 15 is 0 Å². The smallest absolute Gasteiger partial charge is 0.254 e. The van der Waals surface area contributed by atoms with Crippen LogP contribution in [0.4, 0.5) is 13.2 Å². The van der Waals surface area contributed by atoms with Crippen molar-refractivity contribution in [2.75, 3.05) is 6.54 Å². The van der Waals surface area contributed by atoms with Crippen LogP contribution < -0.4 is 5.32 Å². The molecule has 3 aromatic rings. The van der Waals surface area contributed by atoms with Gasteiger partial charge in [0.25, 0.3) is 5.91 Å². The molecule has 0 bridgehead atoms. The first-order chi connectivity index (χ1) is 12.0. The second-order valence-electron chi connectivity index (χ2n) is 5.23. The molecule has 2 heterocycles. The second-order valence-corrected chi connectivity index (χ2v) is 6.18. The number of oxazole rings is 1. The topological polar surface area (TPSA) is 55.1 Å². The van der Waals surface area contributed by atoms with Gasteiger partial charge in [-0.05, 0) is 30.5 Å². The van der Waals surface area contributed by atoms with Crippen molar-refractivity contribution in [2.45, 2.75) is 13.3 Å². The highest BCUT2D eigenvalue weighted by Crippen LogP contribution is 2.26. The van der Waals surface area contributed by atoms with Crippen LogP contribution in [0.2, 0.25) is 0 Å². The summed E-state index contributed by atoms with van der Waals surface area (Å²) >= 11 is 1.49. The maximum Gasteiger partial charge on any atom is 0.254 e. The number of aromatic nitrogens is 1. The van der Waals surface area contributed by atoms with Gasteiger partial charge >= 0.3 is 0 Å². The number of hydrogen-bond donors (Lipinski definition) is 1. The van der Waals surface area contributed by atoms with Gasteiger partial charge in [0.2, 0.25) is 5.89 Å². The van der Waals surface area contributed by atoms with Crippen LogP contribution in [0.3, 0.4) is 0 Å². The lowest BCUT2D eigenvalue weighted by Gasteiger charge is -2.06. The van der Waals surface area contributed by atoms with Crippen LogP contribution in [0.5, 0.6) is 0 Å². The van der Waals surface area contributed by atoms with Crippen LogP contribution in [-0.4, -0.2) is 17.4 Å². The average molecular weight is 366 g/mol. The minimum absolute atomic E-state index is 0.147. The summed E-state index contributed by atoms with van der Waals surface area (Å²) in [5.74, 6) is -4.21. The van der Waals surface area contributed by atoms with Crippen molar-refractivity contribution in [2.24, 2.45) is 0 Å². The third-order valence-electron chi connectivity index (χ3n) is 3.55. The zero-order chi connectivity index (χ0) is 18.0. The quantitative estimate of drug-likeness (QED) is 0.692. The highest BCUT2D eigenvalue weighted by Gasteiger charge is 2.19. The standard InChI is InChI=1S/C17H13F3N2O2S/c1-9-12(22-17(24-9)13-3-2-8-25-13)6-7-21-16(23)10-4-5-11(18)15(20)14(10)19/h2-5,8H,6-7H2,1H3,(H,21,23). The molecule has 0 saturated heterocycles. The molecule has 8 heteroatoms. The van der Waals surface area contributed by atoms with Gasteiger partial charge in [-0.3, -0.25) is 4.79 Å². The molecule has 0 aliphatic carbocycles. The average Bonchev–Trinajstić information content (AvgIpc) is 3.23. The first-order valence-corrected chi connectivity index (χ1v) is 8.27. The first-order valence-electron chi connectivity index (χ1n) is 7.39. The van der Waals surface area contributed by atoms with Gasteiger partial charge in [-0.15, -0.1) is 11.3 Å². The highest BCUT2D eigenvalue weighted by atomic mass is 32.1. The summed E-state index contributed by atoms with van der Waals surface area (Å²) in [6.45, 7) is 1.91. The number of hydrogen-bond acceptors (Lipinski definition) is 4. The predicted octanol–water partition coefficient (Wildman–Crippen LogP) is 4.10. The molecule has 1 amide bonds. The lowest BCUT2D eigenvalue weighted by molar-refractivity contribution is 0.0948. The van der Waals surface area contributed by atoms with Gasteiger partial charge < -0.3 is 9.73 Å². The number of amides is 1. The Balaban J connectivity index is 1.64. The summed E-state index contributed by atoms with van der Waals surface area (Å²) in [6.07, 6.45) is 0.359. The van der Waals surface area contributed by atoms with E-state index in [1.165, 1.54) is 11.3 Å². The molecule has 0 unspecified atom stereocenters. The summed E-state index contributed by atoms with van der Waals surface area (Å²) in [5.41, 5.74) is 0.115. The van der Waals surface area contributed by atoms with Gasteiger partial charge in [0.1, 0.15) is 5.76 Å². The summed E-state index contributed by atoms with van der Waals surface area (Å²) in [6, 6.07) is 5.38. The summed E-state index contributed by atoms with van der Waals surface area (Å²) in [5, 5.41) is 4.37. The van der Waals surface area contributed by atoms with Crippen molar-refractivity contribution in [3.05, 3.63) is 64.1 Å². The van der Waals surface area contributed by atoms with Gasteiger partial charge in [0.15, 0.2) is 17.5 Å². The molecule has 0 fully saturated rings. The molecular weight excluding hydrogens is 353 g/mol. The fourth-order valence-corrected chi connectivity index (χ4v) is 2.91. The number of rotatable bonds is 5. The van der Waals surface area contributed by atoms with E-state index in [1.807, 2.05) is 17.5 Å². The Bertz CT molecular complexity index is 907. The third-order valence-corrected chi connectivity index (χ3v) is 4.41. The van der Waals surface area contributed by atoms with E-state index in [9.17, 15) is 18.0 Å². The van der Waals surface area contributed by atoms with Crippen LogP contribution in [0.1, 0.15) is 21.8 Å². The van der Waals surface area contributed by atoms with Crippen LogP contribution in [-0.2, 0) is 6.42 Å². The number of nitrogens with one attached hydrogen (secondary N) is 1. The van der Waals surface area contributed by atoms with Crippen LogP contribution in [0, 0.1) is 24.4 Å². The third kappa shape index (κ3) is 3.58. The molecular formula is C17H13F3N2O2S. The monoisotopic (exact) mass is 366 g/mol. The Labute approximate surface area is 145 Å². The summed E-state index contributed by atoms with van der Waals surface area (Å²) < 4.78 is 45.2. The molecule has 25 heavy (non-hydrogen) atoms. The molecule has 1 N–H and O–H groups in total. The molecule has 3 rings (SSSR count). The first kappa shape index (κ1) is 17.2. The van der Waals surface area contributed by atoms with E-state index in [1.54, 1.807) is 6.92 Å². The van der Waals surface area contributed by atoms with Gasteiger partial charge in [-0.25, -0.2) is 18.2 Å². The Hall–Kier alpha value is -2.61. The van der Waals surface area contributed by atoms with Gasteiger partial charge in [-0.1, -0.05) is 6.07 Å². The minimum atomic E-state index is -1.67. The molecule has 0 radical (unpaired) electrons. The van der Waals surface area contributed by atoms with E-state index in [0.717, 1.165) is 10.9 Å². The Morgan fingerprint density at radius 1 is 1.24 bits per heavy atom. The molecule has 0 aliphatic rings. The number of carbonyl (C=O) groups is 1. The van der Waals surface area contributed by atoms with E-state index < -0.39 is 28.9 Å². The normalized spacial score (nSPS) is 10.9.